The summed E-state index contributed by atoms with van der Waals surface area (Å²) in [6.45, 7) is 2.19. The van der Waals surface area contributed by atoms with Crippen molar-refractivity contribution in [3.8, 4) is 11.5 Å². The average molecular weight is 524 g/mol. The summed E-state index contributed by atoms with van der Waals surface area (Å²) in [6.07, 6.45) is 0. The van der Waals surface area contributed by atoms with Gasteiger partial charge in [-0.3, -0.25) is 9.69 Å². The molecule has 0 aromatic heterocycles. The second kappa shape index (κ2) is 11.8. The Hall–Kier alpha value is -3.40. The lowest BCUT2D eigenvalue weighted by Gasteiger charge is -2.40. The average Bonchev–Trinajstić information content (AvgIpc) is 2.94. The molecule has 0 saturated carbocycles. The third kappa shape index (κ3) is 5.95. The first-order chi connectivity index (χ1) is 17.8. The fourth-order valence-electron chi connectivity index (χ4n) is 4.65. The van der Waals surface area contributed by atoms with Crippen LogP contribution >= 0.6 is 0 Å². The first-order valence-electron chi connectivity index (χ1n) is 12.1. The van der Waals surface area contributed by atoms with Gasteiger partial charge in [-0.25, -0.2) is 8.42 Å². The number of carbonyl (C=O) groups excluding carboxylic acids is 1. The summed E-state index contributed by atoms with van der Waals surface area (Å²) in [7, 11) is 0.461. The van der Waals surface area contributed by atoms with E-state index in [4.69, 9.17) is 9.47 Å². The Morgan fingerprint density at radius 3 is 1.89 bits per heavy atom. The Bertz CT molecular complexity index is 1250. The molecule has 0 atom stereocenters. The molecule has 1 aliphatic rings. The van der Waals surface area contributed by atoms with E-state index in [0.29, 0.717) is 37.7 Å². The number of methoxy groups -OCH3 is 2. The van der Waals surface area contributed by atoms with E-state index in [1.165, 1.54) is 50.6 Å². The van der Waals surface area contributed by atoms with Crippen LogP contribution in [0.3, 0.4) is 0 Å². The normalized spacial score (nSPS) is 14.7. The van der Waals surface area contributed by atoms with E-state index in [9.17, 15) is 13.2 Å². The van der Waals surface area contributed by atoms with Crippen LogP contribution in [0.15, 0.2) is 83.8 Å². The summed E-state index contributed by atoms with van der Waals surface area (Å²) in [6, 6.07) is 25.2. The highest BCUT2D eigenvalue weighted by Crippen LogP contribution is 2.31. The summed E-state index contributed by atoms with van der Waals surface area (Å²) in [5, 5.41) is 0. The third-order valence-electron chi connectivity index (χ3n) is 6.68. The van der Waals surface area contributed by atoms with Crippen LogP contribution in [0, 0.1) is 0 Å². The molecule has 8 nitrogen and oxygen atoms in total. The highest BCUT2D eigenvalue weighted by Gasteiger charge is 2.30. The van der Waals surface area contributed by atoms with Crippen LogP contribution in [0.25, 0.3) is 0 Å². The number of amides is 1. The van der Waals surface area contributed by atoms with Gasteiger partial charge in [0.2, 0.25) is 15.9 Å². The minimum Gasteiger partial charge on any atom is -0.493 e. The summed E-state index contributed by atoms with van der Waals surface area (Å²) in [5.74, 6) is 0.523. The maximum atomic E-state index is 13.1. The Balaban J connectivity index is 1.42. The van der Waals surface area contributed by atoms with Gasteiger partial charge in [0.05, 0.1) is 31.7 Å². The van der Waals surface area contributed by atoms with Crippen molar-refractivity contribution in [2.24, 2.45) is 0 Å². The molecule has 3 aromatic carbocycles. The van der Waals surface area contributed by atoms with E-state index in [1.54, 1.807) is 4.90 Å². The zero-order chi connectivity index (χ0) is 26.4. The van der Waals surface area contributed by atoms with Gasteiger partial charge >= 0.3 is 0 Å². The van der Waals surface area contributed by atoms with E-state index in [1.807, 2.05) is 36.4 Å². The molecule has 0 radical (unpaired) electrons. The van der Waals surface area contributed by atoms with Crippen molar-refractivity contribution >= 4 is 15.9 Å². The molecular formula is C28H33N3O5S. The van der Waals surface area contributed by atoms with Gasteiger partial charge in [-0.2, -0.15) is 4.31 Å². The van der Waals surface area contributed by atoms with Gasteiger partial charge in [0.1, 0.15) is 0 Å². The largest absolute Gasteiger partial charge is 0.493 e. The van der Waals surface area contributed by atoms with Crippen molar-refractivity contribution in [3.63, 3.8) is 0 Å². The lowest BCUT2D eigenvalue weighted by atomic mass is 9.96. The SMILES string of the molecule is COc1ccc(S(=O)(=O)N(C)CC(=O)N2CCN(C(c3ccccc3)c3ccccc3)CC2)cc1OC. The minimum atomic E-state index is -3.89. The number of nitrogens with zero attached hydrogens (tertiary/aromatic N) is 3. The Morgan fingerprint density at radius 1 is 0.838 bits per heavy atom. The topological polar surface area (TPSA) is 79.4 Å². The van der Waals surface area contributed by atoms with E-state index in [-0.39, 0.29) is 23.4 Å². The van der Waals surface area contributed by atoms with Crippen molar-refractivity contribution in [1.82, 2.24) is 14.1 Å². The van der Waals surface area contributed by atoms with Crippen molar-refractivity contribution in [2.45, 2.75) is 10.9 Å². The van der Waals surface area contributed by atoms with Crippen LogP contribution in [-0.2, 0) is 14.8 Å². The molecule has 196 valence electrons. The van der Waals surface area contributed by atoms with Crippen molar-refractivity contribution in [1.29, 1.82) is 0 Å². The maximum Gasteiger partial charge on any atom is 0.243 e. The van der Waals surface area contributed by atoms with Crippen molar-refractivity contribution in [2.75, 3.05) is 54.0 Å². The zero-order valence-electron chi connectivity index (χ0n) is 21.4. The lowest BCUT2D eigenvalue weighted by molar-refractivity contribution is -0.133. The molecule has 1 heterocycles. The van der Waals surface area contributed by atoms with E-state index >= 15 is 0 Å². The van der Waals surface area contributed by atoms with Crippen LogP contribution in [0.2, 0.25) is 0 Å². The van der Waals surface area contributed by atoms with Gasteiger partial charge in [0.25, 0.3) is 0 Å². The molecule has 37 heavy (non-hydrogen) atoms. The number of likely N-dealkylation sites (N-methyl/N-ethyl adjacent to an activating group) is 1. The predicted molar refractivity (Wildman–Crippen MR) is 142 cm³/mol. The van der Waals surface area contributed by atoms with Crippen LogP contribution < -0.4 is 9.47 Å². The molecule has 1 aliphatic heterocycles. The van der Waals surface area contributed by atoms with Gasteiger partial charge in [-0.15, -0.1) is 0 Å². The van der Waals surface area contributed by atoms with Crippen LogP contribution in [-0.4, -0.2) is 82.4 Å². The van der Waals surface area contributed by atoms with Crippen LogP contribution in [0.4, 0.5) is 0 Å². The molecule has 4 rings (SSSR count). The number of hydrogen-bond acceptors (Lipinski definition) is 6. The summed E-state index contributed by atoms with van der Waals surface area (Å²) in [4.78, 5) is 17.2. The van der Waals surface area contributed by atoms with Gasteiger partial charge in [0, 0.05) is 39.3 Å². The molecule has 1 fully saturated rings. The quantitative estimate of drug-likeness (QED) is 0.429. The molecule has 0 aliphatic carbocycles. The Labute approximate surface area is 219 Å². The molecule has 1 amide bonds. The second-order valence-corrected chi connectivity index (χ2v) is 11.0. The second-order valence-electron chi connectivity index (χ2n) is 8.92. The maximum absolute atomic E-state index is 13.1. The molecule has 0 unspecified atom stereocenters. The Kier molecular flexibility index (Phi) is 8.48. The van der Waals surface area contributed by atoms with E-state index in [0.717, 1.165) is 4.31 Å². The lowest BCUT2D eigenvalue weighted by Crippen LogP contribution is -2.52. The molecule has 0 spiro atoms. The van der Waals surface area contributed by atoms with Crippen LogP contribution in [0.1, 0.15) is 17.2 Å². The van der Waals surface area contributed by atoms with Gasteiger partial charge < -0.3 is 14.4 Å². The monoisotopic (exact) mass is 523 g/mol. The highest BCUT2D eigenvalue weighted by molar-refractivity contribution is 7.89. The van der Waals surface area contributed by atoms with E-state index in [2.05, 4.69) is 29.2 Å². The third-order valence-corrected chi connectivity index (χ3v) is 8.48. The number of benzene rings is 3. The summed E-state index contributed by atoms with van der Waals surface area (Å²) in [5.41, 5.74) is 2.41. The summed E-state index contributed by atoms with van der Waals surface area (Å²) < 4.78 is 37.8. The first kappa shape index (κ1) is 26.7. The fraction of sp³-hybridized carbons (Fsp3) is 0.321. The minimum absolute atomic E-state index is 0.0406. The van der Waals surface area contributed by atoms with Crippen LogP contribution in [0.5, 0.6) is 11.5 Å². The first-order valence-corrected chi connectivity index (χ1v) is 13.6. The smallest absolute Gasteiger partial charge is 0.243 e. The van der Waals surface area contributed by atoms with Gasteiger partial charge in [0.15, 0.2) is 11.5 Å². The summed E-state index contributed by atoms with van der Waals surface area (Å²) >= 11 is 0. The number of piperazine rings is 1. The van der Waals surface area contributed by atoms with Crippen molar-refractivity contribution in [3.05, 3.63) is 90.0 Å². The number of hydrogen-bond donors (Lipinski definition) is 0. The fourth-order valence-corrected chi connectivity index (χ4v) is 5.78. The van der Waals surface area contributed by atoms with Gasteiger partial charge in [-0.05, 0) is 23.3 Å². The molecular weight excluding hydrogens is 490 g/mol. The van der Waals surface area contributed by atoms with Gasteiger partial charge in [-0.1, -0.05) is 60.7 Å². The molecule has 0 bridgehead atoms. The highest BCUT2D eigenvalue weighted by atomic mass is 32.2. The molecule has 1 saturated heterocycles. The number of ether oxygens (including phenoxy) is 2. The van der Waals surface area contributed by atoms with E-state index < -0.39 is 10.0 Å². The molecule has 9 heteroatoms. The number of sulfonamides is 1. The molecule has 3 aromatic rings. The zero-order valence-corrected chi connectivity index (χ0v) is 22.2. The Morgan fingerprint density at radius 2 is 1.38 bits per heavy atom. The number of carbonyl (C=O) groups is 1. The predicted octanol–water partition coefficient (Wildman–Crippen LogP) is 3.26. The van der Waals surface area contributed by atoms with Crippen molar-refractivity contribution < 1.29 is 22.7 Å². The molecule has 0 N–H and O–H groups in total. The standard InChI is InChI=1S/C28H33N3O5S/c1-29(37(33,34)24-14-15-25(35-2)26(20-24)36-3)21-27(32)30-16-18-31(19-17-30)28(22-10-6-4-7-11-22)23-12-8-5-9-13-23/h4-15,20,28H,16-19,21H2,1-3H3. The number of rotatable bonds is 9.